The van der Waals surface area contributed by atoms with Gasteiger partial charge >= 0.3 is 5.69 Å². The predicted octanol–water partition coefficient (Wildman–Crippen LogP) is 1.56. The average Bonchev–Trinajstić information content (AvgIpc) is 2.48. The summed E-state index contributed by atoms with van der Waals surface area (Å²) in [4.78, 5) is 25.1. The second-order valence-corrected chi connectivity index (χ2v) is 8.63. The molecule has 1 N–H and O–H groups in total. The molecule has 1 atom stereocenters. The smallest absolute Gasteiger partial charge is 0.328 e. The Kier molecular flexibility index (Phi) is 6.55. The van der Waals surface area contributed by atoms with E-state index >= 15 is 0 Å². The first-order valence-electron chi connectivity index (χ1n) is 6.90. The predicted molar refractivity (Wildman–Crippen MR) is 80.5 cm³/mol. The lowest BCUT2D eigenvalue weighted by molar-refractivity contribution is 0.0504. The minimum absolute atomic E-state index is 0.00563. The zero-order valence-electron chi connectivity index (χ0n) is 12.6. The Hall–Kier alpha value is -1.20. The summed E-state index contributed by atoms with van der Waals surface area (Å²) in [6.45, 7) is 4.36. The lowest BCUT2D eigenvalue weighted by atomic mass is 10.3. The zero-order chi connectivity index (χ0) is 16.0. The van der Waals surface area contributed by atoms with Gasteiger partial charge in [-0.3, -0.25) is 14.3 Å². The molecule has 0 saturated carbocycles. The first kappa shape index (κ1) is 17.9. The fourth-order valence-corrected chi connectivity index (χ4v) is 3.06. The number of rotatable bonds is 8. The van der Waals surface area contributed by atoms with Gasteiger partial charge in [0.2, 0.25) is 0 Å². The molecule has 0 amide bonds. The molecule has 1 unspecified atom stereocenters. The first-order valence-corrected chi connectivity index (χ1v) is 9.16. The van der Waals surface area contributed by atoms with Crippen molar-refractivity contribution in [2.75, 3.05) is 25.3 Å². The quantitative estimate of drug-likeness (QED) is 0.737. The molecule has 6 nitrogen and oxygen atoms in total. The molecule has 0 radical (unpaired) electrons. The number of H-pyrrole nitrogens is 1. The van der Waals surface area contributed by atoms with E-state index in [0.29, 0.717) is 17.9 Å². The molecule has 0 spiro atoms. The van der Waals surface area contributed by atoms with Crippen molar-refractivity contribution in [3.05, 3.63) is 32.6 Å². The molecule has 0 bridgehead atoms. The van der Waals surface area contributed by atoms with Gasteiger partial charge in [0.05, 0.1) is 6.54 Å². The molecule has 21 heavy (non-hydrogen) atoms. The van der Waals surface area contributed by atoms with Gasteiger partial charge in [0.15, 0.2) is 0 Å². The Balaban J connectivity index is 2.80. The van der Waals surface area contributed by atoms with Crippen molar-refractivity contribution in [2.24, 2.45) is 0 Å². The van der Waals surface area contributed by atoms with Gasteiger partial charge in [0.1, 0.15) is 26.3 Å². The van der Waals surface area contributed by atoms with Crippen LogP contribution >= 0.6 is 7.14 Å². The molecule has 0 saturated heterocycles. The van der Waals surface area contributed by atoms with Crippen LogP contribution in [0.5, 0.6) is 0 Å². The lowest BCUT2D eigenvalue weighted by Gasteiger charge is -2.20. The Morgan fingerprint density at radius 1 is 1.38 bits per heavy atom. The topological polar surface area (TPSA) is 81.2 Å². The van der Waals surface area contributed by atoms with Crippen molar-refractivity contribution >= 4 is 7.14 Å². The highest BCUT2D eigenvalue weighted by molar-refractivity contribution is 7.63. The Morgan fingerprint density at radius 2 is 2.00 bits per heavy atom. The normalized spacial score (nSPS) is 13.3. The number of nitrogens with one attached hydrogen (secondary N) is 1. The van der Waals surface area contributed by atoms with Crippen LogP contribution in [0, 0.1) is 6.92 Å². The molecule has 0 aromatic carbocycles. The van der Waals surface area contributed by atoms with Gasteiger partial charge in [-0.2, -0.15) is 0 Å². The van der Waals surface area contributed by atoms with E-state index in [1.54, 1.807) is 6.92 Å². The van der Waals surface area contributed by atoms with Crippen molar-refractivity contribution in [2.45, 2.75) is 33.4 Å². The molecule has 1 heterocycles. The van der Waals surface area contributed by atoms with Gasteiger partial charge in [0.25, 0.3) is 5.56 Å². The van der Waals surface area contributed by atoms with Crippen LogP contribution in [0.25, 0.3) is 0 Å². The second-order valence-electron chi connectivity index (χ2n) is 4.99. The summed E-state index contributed by atoms with van der Waals surface area (Å²) in [5.41, 5.74) is -0.711. The number of hydrogen-bond acceptors (Lipinski definition) is 4. The van der Waals surface area contributed by atoms with Gasteiger partial charge in [-0.15, -0.1) is 0 Å². The van der Waals surface area contributed by atoms with Crippen molar-refractivity contribution < 1.29 is 13.7 Å². The highest BCUT2D eigenvalue weighted by Gasteiger charge is 2.21. The average molecular weight is 320 g/mol. The van der Waals surface area contributed by atoms with E-state index in [-0.39, 0.29) is 12.9 Å². The number of hydrogen-bond donors (Lipinski definition) is 1. The van der Waals surface area contributed by atoms with Gasteiger partial charge in [-0.25, -0.2) is 9.18 Å². The number of alkyl halides is 1. The molecule has 0 aliphatic carbocycles. The maximum absolute atomic E-state index is 13.0. The summed E-state index contributed by atoms with van der Waals surface area (Å²) in [7, 11) is -2.42. The largest absolute Gasteiger partial charge is 0.366 e. The van der Waals surface area contributed by atoms with E-state index in [1.807, 2.05) is 13.8 Å². The molecule has 120 valence electrons. The molecule has 1 rings (SSSR count). The second kappa shape index (κ2) is 7.71. The van der Waals surface area contributed by atoms with E-state index in [4.69, 9.17) is 4.74 Å². The maximum atomic E-state index is 13.0. The Labute approximate surface area is 122 Å². The molecular weight excluding hydrogens is 298 g/mol. The molecule has 0 fully saturated rings. The van der Waals surface area contributed by atoms with E-state index in [2.05, 4.69) is 4.98 Å². The minimum atomic E-state index is -2.42. The SMILES string of the molecule is CCP(=O)(CC)COC(CF)Cn1cc(C)c(=O)[nH]c1=O. The summed E-state index contributed by atoms with van der Waals surface area (Å²) in [5.74, 6) is 0. The summed E-state index contributed by atoms with van der Waals surface area (Å²) < 4.78 is 31.8. The monoisotopic (exact) mass is 320 g/mol. The molecule has 0 aliphatic rings. The molecule has 1 aromatic rings. The van der Waals surface area contributed by atoms with Crippen molar-refractivity contribution in [3.8, 4) is 0 Å². The van der Waals surface area contributed by atoms with Crippen molar-refractivity contribution in [1.82, 2.24) is 9.55 Å². The first-order chi connectivity index (χ1) is 9.85. The van der Waals surface area contributed by atoms with Gasteiger partial charge in [-0.1, -0.05) is 13.8 Å². The number of halogens is 1. The van der Waals surface area contributed by atoms with Crippen LogP contribution in [0.15, 0.2) is 15.8 Å². The molecular formula is C13H22FN2O4P. The number of nitrogens with zero attached hydrogens (tertiary/aromatic N) is 1. The Morgan fingerprint density at radius 3 is 2.52 bits per heavy atom. The van der Waals surface area contributed by atoms with Gasteiger partial charge in [0, 0.05) is 24.1 Å². The fraction of sp³-hybridized carbons (Fsp3) is 0.692. The number of ether oxygens (including phenoxy) is 1. The lowest BCUT2D eigenvalue weighted by Crippen LogP contribution is -2.35. The summed E-state index contributed by atoms with van der Waals surface area (Å²) in [5, 5.41) is 0. The van der Waals surface area contributed by atoms with Crippen LogP contribution in [0.2, 0.25) is 0 Å². The van der Waals surface area contributed by atoms with Crippen LogP contribution in [0.4, 0.5) is 4.39 Å². The van der Waals surface area contributed by atoms with Crippen LogP contribution in [0.1, 0.15) is 19.4 Å². The summed E-state index contributed by atoms with van der Waals surface area (Å²) >= 11 is 0. The van der Waals surface area contributed by atoms with Crippen molar-refractivity contribution in [1.29, 1.82) is 0 Å². The van der Waals surface area contributed by atoms with E-state index < -0.39 is 31.2 Å². The molecule has 8 heteroatoms. The number of aryl methyl sites for hydroxylation is 1. The minimum Gasteiger partial charge on any atom is -0.366 e. The number of aromatic nitrogens is 2. The van der Waals surface area contributed by atoms with Crippen LogP contribution in [-0.4, -0.2) is 41.0 Å². The van der Waals surface area contributed by atoms with Gasteiger partial charge < -0.3 is 9.30 Å². The van der Waals surface area contributed by atoms with Gasteiger partial charge in [-0.05, 0) is 6.92 Å². The maximum Gasteiger partial charge on any atom is 0.328 e. The summed E-state index contributed by atoms with van der Waals surface area (Å²) in [6, 6.07) is 0. The highest BCUT2D eigenvalue weighted by atomic mass is 31.2. The Bertz CT molecular complexity index is 617. The van der Waals surface area contributed by atoms with E-state index in [1.165, 1.54) is 10.8 Å². The van der Waals surface area contributed by atoms with Crippen LogP contribution in [0.3, 0.4) is 0 Å². The highest BCUT2D eigenvalue weighted by Crippen LogP contribution is 2.44. The molecule has 0 aliphatic heterocycles. The van der Waals surface area contributed by atoms with Crippen molar-refractivity contribution in [3.63, 3.8) is 0 Å². The number of aromatic amines is 1. The van der Waals surface area contributed by atoms with E-state index in [9.17, 15) is 18.5 Å². The zero-order valence-corrected chi connectivity index (χ0v) is 13.5. The van der Waals surface area contributed by atoms with Crippen LogP contribution in [-0.2, 0) is 15.8 Å². The summed E-state index contributed by atoms with van der Waals surface area (Å²) in [6.07, 6.45) is 1.51. The third-order valence-electron chi connectivity index (χ3n) is 3.46. The standard InChI is InChI=1S/C13H22FN2O4P/c1-4-21(19,5-2)9-20-11(6-14)8-16-7-10(3)12(17)15-13(16)18/h7,11H,4-6,8-9H2,1-3H3,(H,15,17,18). The fourth-order valence-electron chi connectivity index (χ4n) is 1.77. The third kappa shape index (κ3) is 4.93. The van der Waals surface area contributed by atoms with E-state index in [0.717, 1.165) is 0 Å². The molecule has 1 aromatic heterocycles. The van der Waals surface area contributed by atoms with Crippen LogP contribution < -0.4 is 11.2 Å². The third-order valence-corrected chi connectivity index (χ3v) is 6.38.